The van der Waals surface area contributed by atoms with Crippen LogP contribution >= 0.6 is 0 Å². The summed E-state index contributed by atoms with van der Waals surface area (Å²) < 4.78 is 22.3. The molecule has 1 aliphatic rings. The molecule has 1 fully saturated rings. The second-order valence-electron chi connectivity index (χ2n) is 4.70. The van der Waals surface area contributed by atoms with Crippen molar-refractivity contribution in [2.24, 2.45) is 11.7 Å². The van der Waals surface area contributed by atoms with Gasteiger partial charge in [0.15, 0.2) is 9.84 Å². The average molecular weight is 234 g/mol. The molecule has 0 bridgehead atoms. The second-order valence-corrected chi connectivity index (χ2v) is 6.93. The molecule has 1 aliphatic heterocycles. The minimum atomic E-state index is -2.86. The fourth-order valence-electron chi connectivity index (χ4n) is 1.50. The zero-order valence-corrected chi connectivity index (χ0v) is 9.93. The quantitative estimate of drug-likeness (QED) is 0.674. The van der Waals surface area contributed by atoms with E-state index in [0.717, 1.165) is 0 Å². The van der Waals surface area contributed by atoms with Gasteiger partial charge in [-0.3, -0.25) is 4.79 Å². The minimum absolute atomic E-state index is 0.0429. The van der Waals surface area contributed by atoms with Gasteiger partial charge < -0.3 is 11.1 Å². The zero-order valence-electron chi connectivity index (χ0n) is 9.12. The third-order valence-corrected chi connectivity index (χ3v) is 4.30. The molecule has 1 saturated heterocycles. The van der Waals surface area contributed by atoms with Crippen LogP contribution < -0.4 is 11.1 Å². The summed E-state index contributed by atoms with van der Waals surface area (Å²) in [5.74, 6) is 0.214. The summed E-state index contributed by atoms with van der Waals surface area (Å²) in [6.07, 6.45) is 0.633. The van der Waals surface area contributed by atoms with Crippen molar-refractivity contribution in [2.45, 2.75) is 25.8 Å². The van der Waals surface area contributed by atoms with Gasteiger partial charge in [-0.2, -0.15) is 0 Å². The molecular formula is C9H18N2O3S. The zero-order chi connectivity index (χ0) is 11.7. The van der Waals surface area contributed by atoms with Gasteiger partial charge in [0.2, 0.25) is 5.91 Å². The summed E-state index contributed by atoms with van der Waals surface area (Å²) in [4.78, 5) is 11.4. The van der Waals surface area contributed by atoms with Crippen molar-refractivity contribution in [2.75, 3.05) is 18.1 Å². The lowest BCUT2D eigenvalue weighted by Crippen LogP contribution is -2.50. The molecule has 1 heterocycles. The maximum atomic E-state index is 11.4. The largest absolute Gasteiger partial charge is 0.354 e. The van der Waals surface area contributed by atoms with Crippen molar-refractivity contribution >= 4 is 15.7 Å². The highest BCUT2D eigenvalue weighted by molar-refractivity contribution is 7.91. The van der Waals surface area contributed by atoms with Crippen LogP contribution in [0.4, 0.5) is 0 Å². The van der Waals surface area contributed by atoms with Gasteiger partial charge in [0.1, 0.15) is 0 Å². The Labute approximate surface area is 90.3 Å². The van der Waals surface area contributed by atoms with E-state index in [4.69, 9.17) is 5.73 Å². The molecule has 1 amide bonds. The third kappa shape index (κ3) is 3.79. The van der Waals surface area contributed by atoms with Crippen LogP contribution in [0.25, 0.3) is 0 Å². The first-order valence-corrected chi connectivity index (χ1v) is 6.80. The number of rotatable bonds is 3. The fourth-order valence-corrected chi connectivity index (χ4v) is 3.36. The number of nitrogens with one attached hydrogen (secondary N) is 1. The van der Waals surface area contributed by atoms with Crippen LogP contribution in [-0.2, 0) is 14.6 Å². The van der Waals surface area contributed by atoms with Gasteiger partial charge in [-0.05, 0) is 26.2 Å². The Morgan fingerprint density at radius 1 is 1.53 bits per heavy atom. The lowest BCUT2D eigenvalue weighted by molar-refractivity contribution is -0.125. The molecule has 0 aromatic heterocycles. The average Bonchev–Trinajstić information content (AvgIpc) is 2.39. The molecule has 15 heavy (non-hydrogen) atoms. The smallest absolute Gasteiger partial charge is 0.239 e. The fraction of sp³-hybridized carbons (Fsp3) is 0.889. The predicted octanol–water partition coefficient (Wildman–Crippen LogP) is -0.725. The number of nitrogens with two attached hydrogens (primary N) is 1. The monoisotopic (exact) mass is 234 g/mol. The van der Waals surface area contributed by atoms with Crippen LogP contribution in [0.3, 0.4) is 0 Å². The molecular weight excluding hydrogens is 216 g/mol. The summed E-state index contributed by atoms with van der Waals surface area (Å²) in [6, 6.07) is 0. The Hall–Kier alpha value is -0.620. The molecule has 1 rings (SSSR count). The van der Waals surface area contributed by atoms with Crippen LogP contribution in [-0.4, -0.2) is 37.9 Å². The van der Waals surface area contributed by atoms with E-state index in [9.17, 15) is 13.2 Å². The molecule has 1 unspecified atom stereocenters. The van der Waals surface area contributed by atoms with Crippen molar-refractivity contribution in [1.82, 2.24) is 5.32 Å². The maximum Gasteiger partial charge on any atom is 0.239 e. The van der Waals surface area contributed by atoms with E-state index in [2.05, 4.69) is 5.32 Å². The van der Waals surface area contributed by atoms with E-state index in [-0.39, 0.29) is 23.3 Å². The highest BCUT2D eigenvalue weighted by Crippen LogP contribution is 2.17. The van der Waals surface area contributed by atoms with E-state index >= 15 is 0 Å². The topological polar surface area (TPSA) is 89.3 Å². The third-order valence-electron chi connectivity index (χ3n) is 2.46. The molecule has 0 radical (unpaired) electrons. The van der Waals surface area contributed by atoms with Gasteiger partial charge in [0.25, 0.3) is 0 Å². The molecule has 0 aliphatic carbocycles. The predicted molar refractivity (Wildman–Crippen MR) is 58.0 cm³/mol. The molecule has 88 valence electrons. The standard InChI is InChI=1S/C9H18N2O3S/c1-9(2,10)8(12)11-5-7-3-4-15(13,14)6-7/h7H,3-6,10H2,1-2H3,(H,11,12). The summed E-state index contributed by atoms with van der Waals surface area (Å²) in [5, 5.41) is 2.67. The van der Waals surface area contributed by atoms with Crippen LogP contribution in [0.5, 0.6) is 0 Å². The van der Waals surface area contributed by atoms with Crippen molar-refractivity contribution in [1.29, 1.82) is 0 Å². The Kier molecular flexibility index (Phi) is 3.40. The molecule has 0 aromatic carbocycles. The number of sulfone groups is 1. The normalized spacial score (nSPS) is 25.1. The van der Waals surface area contributed by atoms with Gasteiger partial charge in [0.05, 0.1) is 17.0 Å². The first kappa shape index (κ1) is 12.4. The number of amides is 1. The summed E-state index contributed by atoms with van der Waals surface area (Å²) in [5.41, 5.74) is 4.68. The molecule has 0 saturated carbocycles. The molecule has 5 nitrogen and oxygen atoms in total. The second kappa shape index (κ2) is 4.09. The lowest BCUT2D eigenvalue weighted by atomic mass is 10.1. The van der Waals surface area contributed by atoms with Gasteiger partial charge in [-0.25, -0.2) is 8.42 Å². The number of hydrogen-bond acceptors (Lipinski definition) is 4. The Bertz CT molecular complexity index is 343. The van der Waals surface area contributed by atoms with Crippen molar-refractivity contribution in [3.63, 3.8) is 0 Å². The first-order valence-electron chi connectivity index (χ1n) is 4.98. The van der Waals surface area contributed by atoms with Crippen LogP contribution in [0, 0.1) is 5.92 Å². The lowest BCUT2D eigenvalue weighted by Gasteiger charge is -2.19. The SMILES string of the molecule is CC(C)(N)C(=O)NCC1CCS(=O)(=O)C1. The Morgan fingerprint density at radius 3 is 2.53 bits per heavy atom. The van der Waals surface area contributed by atoms with E-state index in [1.165, 1.54) is 0 Å². The molecule has 0 aromatic rings. The van der Waals surface area contributed by atoms with Crippen LogP contribution in [0.2, 0.25) is 0 Å². The van der Waals surface area contributed by atoms with E-state index in [0.29, 0.717) is 13.0 Å². The maximum absolute atomic E-state index is 11.4. The molecule has 1 atom stereocenters. The van der Waals surface area contributed by atoms with Crippen molar-refractivity contribution in [3.8, 4) is 0 Å². The number of carbonyl (C=O) groups is 1. The first-order chi connectivity index (χ1) is 6.71. The van der Waals surface area contributed by atoms with E-state index in [1.807, 2.05) is 0 Å². The van der Waals surface area contributed by atoms with Crippen LogP contribution in [0.15, 0.2) is 0 Å². The van der Waals surface area contributed by atoms with E-state index in [1.54, 1.807) is 13.8 Å². The molecule has 3 N–H and O–H groups in total. The van der Waals surface area contributed by atoms with Gasteiger partial charge in [-0.15, -0.1) is 0 Å². The summed E-state index contributed by atoms with van der Waals surface area (Å²) in [7, 11) is -2.86. The minimum Gasteiger partial charge on any atom is -0.354 e. The summed E-state index contributed by atoms with van der Waals surface area (Å²) in [6.45, 7) is 3.64. The van der Waals surface area contributed by atoms with Crippen LogP contribution in [0.1, 0.15) is 20.3 Å². The Morgan fingerprint density at radius 2 is 2.13 bits per heavy atom. The van der Waals surface area contributed by atoms with E-state index < -0.39 is 15.4 Å². The summed E-state index contributed by atoms with van der Waals surface area (Å²) >= 11 is 0. The highest BCUT2D eigenvalue weighted by Gasteiger charge is 2.29. The van der Waals surface area contributed by atoms with Gasteiger partial charge in [-0.1, -0.05) is 0 Å². The van der Waals surface area contributed by atoms with Crippen molar-refractivity contribution in [3.05, 3.63) is 0 Å². The molecule has 0 spiro atoms. The number of carbonyl (C=O) groups excluding carboxylic acids is 1. The van der Waals surface area contributed by atoms with Crippen molar-refractivity contribution < 1.29 is 13.2 Å². The Balaban J connectivity index is 2.37. The molecule has 6 heteroatoms. The van der Waals surface area contributed by atoms with Gasteiger partial charge in [0, 0.05) is 6.54 Å². The van der Waals surface area contributed by atoms with Gasteiger partial charge >= 0.3 is 0 Å². The number of hydrogen-bond donors (Lipinski definition) is 2. The highest BCUT2D eigenvalue weighted by atomic mass is 32.2.